The lowest BCUT2D eigenvalue weighted by Gasteiger charge is -2.08. The molecule has 0 spiro atoms. The summed E-state index contributed by atoms with van der Waals surface area (Å²) in [4.78, 5) is 8.63. The third-order valence-electron chi connectivity index (χ3n) is 2.79. The molecule has 1 aromatic carbocycles. The van der Waals surface area contributed by atoms with Gasteiger partial charge in [-0.2, -0.15) is 0 Å². The van der Waals surface area contributed by atoms with Crippen LogP contribution >= 0.6 is 15.9 Å². The van der Waals surface area contributed by atoms with E-state index in [0.717, 1.165) is 27.0 Å². The Bertz CT molecular complexity index is 744. The lowest BCUT2D eigenvalue weighted by atomic mass is 10.3. The van der Waals surface area contributed by atoms with Gasteiger partial charge in [0.15, 0.2) is 5.75 Å². The lowest BCUT2D eigenvalue weighted by molar-refractivity contribution is 0.413. The van der Waals surface area contributed by atoms with Gasteiger partial charge in [0.1, 0.15) is 17.0 Å². The molecule has 0 N–H and O–H groups in total. The van der Waals surface area contributed by atoms with Crippen molar-refractivity contribution in [1.29, 1.82) is 0 Å². The van der Waals surface area contributed by atoms with Crippen LogP contribution < -0.4 is 9.47 Å². The molecule has 20 heavy (non-hydrogen) atoms. The molecule has 4 nitrogen and oxygen atoms in total. The van der Waals surface area contributed by atoms with Crippen molar-refractivity contribution < 1.29 is 9.47 Å². The molecule has 0 saturated heterocycles. The molecule has 2 aromatic heterocycles. The Morgan fingerprint density at radius 1 is 1.00 bits per heavy atom. The predicted octanol–water partition coefficient (Wildman–Crippen LogP) is 4.19. The Kier molecular flexibility index (Phi) is 3.52. The normalized spacial score (nSPS) is 10.5. The van der Waals surface area contributed by atoms with Gasteiger partial charge in [0.25, 0.3) is 0 Å². The molecule has 0 atom stereocenters. The predicted molar refractivity (Wildman–Crippen MR) is 80.3 cm³/mol. The fraction of sp³-hybridized carbons (Fsp3) is 0.0667. The minimum Gasteiger partial charge on any atom is -0.497 e. The maximum Gasteiger partial charge on any atom is 0.156 e. The number of ether oxygens (including phenoxy) is 2. The van der Waals surface area contributed by atoms with Crippen molar-refractivity contribution in [3.05, 3.63) is 53.3 Å². The molecule has 3 aromatic rings. The Morgan fingerprint density at radius 2 is 1.75 bits per heavy atom. The van der Waals surface area contributed by atoms with Crippen molar-refractivity contribution in [3.8, 4) is 17.2 Å². The summed E-state index contributed by atoms with van der Waals surface area (Å²) in [5.74, 6) is 2.19. The first-order chi connectivity index (χ1) is 9.76. The topological polar surface area (TPSA) is 44.2 Å². The molecule has 2 heterocycles. The number of benzene rings is 1. The molecule has 5 heteroatoms. The van der Waals surface area contributed by atoms with E-state index in [1.807, 2.05) is 30.3 Å². The van der Waals surface area contributed by atoms with Crippen LogP contribution in [-0.4, -0.2) is 17.1 Å². The van der Waals surface area contributed by atoms with E-state index in [9.17, 15) is 0 Å². The van der Waals surface area contributed by atoms with Crippen molar-refractivity contribution in [1.82, 2.24) is 9.97 Å². The van der Waals surface area contributed by atoms with Crippen LogP contribution in [0.1, 0.15) is 0 Å². The number of pyridine rings is 2. The van der Waals surface area contributed by atoms with Gasteiger partial charge < -0.3 is 9.47 Å². The second kappa shape index (κ2) is 5.46. The average Bonchev–Trinajstić information content (AvgIpc) is 2.48. The molecule has 0 bridgehead atoms. The van der Waals surface area contributed by atoms with Crippen molar-refractivity contribution in [2.75, 3.05) is 7.11 Å². The minimum absolute atomic E-state index is 0.674. The number of fused-ring (bicyclic) bond motifs is 1. The Morgan fingerprint density at radius 3 is 2.50 bits per heavy atom. The summed E-state index contributed by atoms with van der Waals surface area (Å²) in [5, 5.41) is 0. The van der Waals surface area contributed by atoms with Gasteiger partial charge in [-0.25, -0.2) is 4.98 Å². The van der Waals surface area contributed by atoms with E-state index >= 15 is 0 Å². The van der Waals surface area contributed by atoms with E-state index in [4.69, 9.17) is 9.47 Å². The van der Waals surface area contributed by atoms with E-state index in [-0.39, 0.29) is 0 Å². The number of rotatable bonds is 3. The monoisotopic (exact) mass is 330 g/mol. The summed E-state index contributed by atoms with van der Waals surface area (Å²) in [6.45, 7) is 0. The SMILES string of the molecule is COc1ccc(Oc2ccnc3cc(Br)cnc23)cc1. The van der Waals surface area contributed by atoms with Crippen molar-refractivity contribution in [3.63, 3.8) is 0 Å². The van der Waals surface area contributed by atoms with Crippen LogP contribution in [0.3, 0.4) is 0 Å². The highest BCUT2D eigenvalue weighted by molar-refractivity contribution is 9.10. The minimum atomic E-state index is 0.674. The van der Waals surface area contributed by atoms with Crippen LogP contribution in [0.25, 0.3) is 11.0 Å². The van der Waals surface area contributed by atoms with Crippen LogP contribution in [0, 0.1) is 0 Å². The lowest BCUT2D eigenvalue weighted by Crippen LogP contribution is -1.90. The first kappa shape index (κ1) is 12.9. The van der Waals surface area contributed by atoms with Crippen LogP contribution in [0.2, 0.25) is 0 Å². The first-order valence-electron chi connectivity index (χ1n) is 5.98. The molecule has 0 aliphatic rings. The number of aromatic nitrogens is 2. The Balaban J connectivity index is 1.97. The third kappa shape index (κ3) is 2.58. The average molecular weight is 331 g/mol. The number of hydrogen-bond donors (Lipinski definition) is 0. The van der Waals surface area contributed by atoms with Crippen LogP contribution in [-0.2, 0) is 0 Å². The molecule has 0 aliphatic heterocycles. The van der Waals surface area contributed by atoms with E-state index in [1.54, 1.807) is 25.6 Å². The van der Waals surface area contributed by atoms with Crippen molar-refractivity contribution in [2.45, 2.75) is 0 Å². The number of nitrogens with zero attached hydrogens (tertiary/aromatic N) is 2. The zero-order valence-electron chi connectivity index (χ0n) is 10.7. The van der Waals surface area contributed by atoms with Crippen LogP contribution in [0.15, 0.2) is 53.3 Å². The summed E-state index contributed by atoms with van der Waals surface area (Å²) in [5.41, 5.74) is 1.51. The zero-order valence-corrected chi connectivity index (χ0v) is 12.3. The fourth-order valence-corrected chi connectivity index (χ4v) is 2.15. The summed E-state index contributed by atoms with van der Waals surface area (Å²) in [6, 6.07) is 11.1. The molecule has 0 amide bonds. The summed E-state index contributed by atoms with van der Waals surface area (Å²) in [6.07, 6.45) is 3.43. The second-order valence-electron chi connectivity index (χ2n) is 4.11. The maximum atomic E-state index is 5.86. The van der Waals surface area contributed by atoms with Crippen LogP contribution in [0.5, 0.6) is 17.2 Å². The van der Waals surface area contributed by atoms with Crippen molar-refractivity contribution >= 4 is 27.0 Å². The standard InChI is InChI=1S/C15H11BrN2O2/c1-19-11-2-4-12(5-3-11)20-14-6-7-17-13-8-10(16)9-18-15(13)14/h2-9H,1H3. The summed E-state index contributed by atoms with van der Waals surface area (Å²) < 4.78 is 11.9. The number of halogens is 1. The molecule has 100 valence electrons. The second-order valence-corrected chi connectivity index (χ2v) is 5.02. The van der Waals surface area contributed by atoms with E-state index in [0.29, 0.717) is 5.75 Å². The fourth-order valence-electron chi connectivity index (χ4n) is 1.83. The quantitative estimate of drug-likeness (QED) is 0.722. The smallest absolute Gasteiger partial charge is 0.156 e. The van der Waals surface area contributed by atoms with E-state index < -0.39 is 0 Å². The highest BCUT2D eigenvalue weighted by Gasteiger charge is 2.06. The maximum absolute atomic E-state index is 5.86. The van der Waals surface area contributed by atoms with Crippen LogP contribution in [0.4, 0.5) is 0 Å². The van der Waals surface area contributed by atoms with Gasteiger partial charge in [0.2, 0.25) is 0 Å². The Hall–Kier alpha value is -2.14. The molecule has 0 unspecified atom stereocenters. The Labute approximate surface area is 124 Å². The molecule has 0 radical (unpaired) electrons. The molecule has 0 saturated carbocycles. The summed E-state index contributed by atoms with van der Waals surface area (Å²) in [7, 11) is 1.63. The van der Waals surface area contributed by atoms with Gasteiger partial charge in [-0.15, -0.1) is 0 Å². The molecule has 0 aliphatic carbocycles. The van der Waals surface area contributed by atoms with E-state index in [1.165, 1.54) is 0 Å². The van der Waals surface area contributed by atoms with Gasteiger partial charge in [-0.1, -0.05) is 0 Å². The van der Waals surface area contributed by atoms with Gasteiger partial charge in [-0.05, 0) is 46.3 Å². The highest BCUT2D eigenvalue weighted by atomic mass is 79.9. The molecule has 3 rings (SSSR count). The summed E-state index contributed by atoms with van der Waals surface area (Å²) >= 11 is 3.38. The molecular formula is C15H11BrN2O2. The molecular weight excluding hydrogens is 320 g/mol. The number of methoxy groups -OCH3 is 1. The van der Waals surface area contributed by atoms with Gasteiger partial charge in [0, 0.05) is 22.9 Å². The first-order valence-corrected chi connectivity index (χ1v) is 6.78. The third-order valence-corrected chi connectivity index (χ3v) is 3.23. The van der Waals surface area contributed by atoms with Gasteiger partial charge >= 0.3 is 0 Å². The highest BCUT2D eigenvalue weighted by Crippen LogP contribution is 2.29. The van der Waals surface area contributed by atoms with E-state index in [2.05, 4.69) is 25.9 Å². The number of hydrogen-bond acceptors (Lipinski definition) is 4. The molecule has 0 fully saturated rings. The van der Waals surface area contributed by atoms with Gasteiger partial charge in [0.05, 0.1) is 12.6 Å². The van der Waals surface area contributed by atoms with Gasteiger partial charge in [-0.3, -0.25) is 4.98 Å². The van der Waals surface area contributed by atoms with Crippen molar-refractivity contribution in [2.24, 2.45) is 0 Å². The zero-order chi connectivity index (χ0) is 13.9. The largest absolute Gasteiger partial charge is 0.497 e.